The van der Waals surface area contributed by atoms with Gasteiger partial charge in [0, 0.05) is 44.6 Å². The second-order valence-electron chi connectivity index (χ2n) is 6.55. The van der Waals surface area contributed by atoms with E-state index < -0.39 is 0 Å². The first-order valence-corrected chi connectivity index (χ1v) is 9.00. The Morgan fingerprint density at radius 3 is 3.15 bits per heavy atom. The molecule has 134 valence electrons. The monoisotopic (exact) mass is 350 g/mol. The highest BCUT2D eigenvalue weighted by Gasteiger charge is 2.31. The lowest BCUT2D eigenvalue weighted by Gasteiger charge is -2.20. The van der Waals surface area contributed by atoms with Crippen LogP contribution in [0.1, 0.15) is 36.4 Å². The number of imidazole rings is 1. The van der Waals surface area contributed by atoms with E-state index in [0.29, 0.717) is 18.0 Å². The van der Waals surface area contributed by atoms with Crippen molar-refractivity contribution in [1.29, 1.82) is 5.26 Å². The summed E-state index contributed by atoms with van der Waals surface area (Å²) in [5.41, 5.74) is 3.69. The smallest absolute Gasteiger partial charge is 0.137 e. The standard InChI is InChI=1S/C19H22N6O/c1-2-25-17(5-7-23-25)19-15(6-8-26-19)10-21-11-16-12-22-18-4-3-14(9-20)13-24(16)18/h3-5,7,12-13,15,19,21H,2,6,8,10-11H2,1H3/t15-,19+/m0/s1. The number of aromatic nitrogens is 4. The third-order valence-corrected chi connectivity index (χ3v) is 4.98. The molecule has 26 heavy (non-hydrogen) atoms. The van der Waals surface area contributed by atoms with Gasteiger partial charge >= 0.3 is 0 Å². The van der Waals surface area contributed by atoms with Crippen molar-refractivity contribution in [3.8, 4) is 6.07 Å². The molecule has 0 unspecified atom stereocenters. The quantitative estimate of drug-likeness (QED) is 0.738. The van der Waals surface area contributed by atoms with E-state index in [2.05, 4.69) is 34.5 Å². The fraction of sp³-hybridized carbons (Fsp3) is 0.421. The maximum atomic E-state index is 9.09. The van der Waals surface area contributed by atoms with Gasteiger partial charge in [0.2, 0.25) is 0 Å². The highest BCUT2D eigenvalue weighted by Crippen LogP contribution is 2.34. The van der Waals surface area contributed by atoms with Gasteiger partial charge in [-0.1, -0.05) is 0 Å². The molecule has 7 nitrogen and oxygen atoms in total. The van der Waals surface area contributed by atoms with Gasteiger partial charge in [0.05, 0.1) is 23.1 Å². The Kier molecular flexibility index (Phi) is 4.69. The second kappa shape index (κ2) is 7.28. The average molecular weight is 350 g/mol. The van der Waals surface area contributed by atoms with Crippen LogP contribution in [0.4, 0.5) is 0 Å². The minimum Gasteiger partial charge on any atom is -0.372 e. The Balaban J connectivity index is 1.42. The molecule has 0 amide bonds. The van der Waals surface area contributed by atoms with Crippen molar-refractivity contribution < 1.29 is 4.74 Å². The lowest BCUT2D eigenvalue weighted by molar-refractivity contribution is 0.0829. The molecule has 2 atom stereocenters. The molecule has 7 heteroatoms. The average Bonchev–Trinajstić information content (AvgIpc) is 3.40. The van der Waals surface area contributed by atoms with E-state index in [1.165, 1.54) is 0 Å². The molecule has 1 saturated heterocycles. The van der Waals surface area contributed by atoms with Crippen LogP contribution in [0, 0.1) is 17.2 Å². The molecular weight excluding hydrogens is 328 g/mol. The Morgan fingerprint density at radius 1 is 1.38 bits per heavy atom. The number of hydrogen-bond acceptors (Lipinski definition) is 5. The summed E-state index contributed by atoms with van der Waals surface area (Å²) in [6.45, 7) is 5.30. The predicted octanol–water partition coefficient (Wildman–Crippen LogP) is 2.29. The molecule has 0 bridgehead atoms. The zero-order chi connectivity index (χ0) is 17.9. The maximum absolute atomic E-state index is 9.09. The van der Waals surface area contributed by atoms with Gasteiger partial charge in [0.15, 0.2) is 0 Å². The number of ether oxygens (including phenoxy) is 1. The minimum absolute atomic E-state index is 0.0947. The van der Waals surface area contributed by atoms with E-state index >= 15 is 0 Å². The number of hydrogen-bond donors (Lipinski definition) is 1. The third-order valence-electron chi connectivity index (χ3n) is 4.98. The Labute approximate surface area is 152 Å². The van der Waals surface area contributed by atoms with E-state index in [-0.39, 0.29) is 6.10 Å². The predicted molar refractivity (Wildman–Crippen MR) is 96.3 cm³/mol. The molecular formula is C19H22N6O. The highest BCUT2D eigenvalue weighted by molar-refractivity contribution is 5.44. The van der Waals surface area contributed by atoms with Crippen LogP contribution in [-0.2, 0) is 17.8 Å². The highest BCUT2D eigenvalue weighted by atomic mass is 16.5. The third kappa shape index (κ3) is 3.09. The first kappa shape index (κ1) is 16.8. The summed E-state index contributed by atoms with van der Waals surface area (Å²) >= 11 is 0. The largest absolute Gasteiger partial charge is 0.372 e. The van der Waals surface area contributed by atoms with Gasteiger partial charge in [0.1, 0.15) is 17.8 Å². The van der Waals surface area contributed by atoms with Crippen molar-refractivity contribution in [2.45, 2.75) is 32.5 Å². The topological polar surface area (TPSA) is 80.2 Å². The molecule has 0 aliphatic carbocycles. The number of nitrogens with zero attached hydrogens (tertiary/aromatic N) is 5. The van der Waals surface area contributed by atoms with E-state index in [4.69, 9.17) is 10.00 Å². The van der Waals surface area contributed by atoms with Crippen LogP contribution in [-0.4, -0.2) is 32.3 Å². The molecule has 0 spiro atoms. The van der Waals surface area contributed by atoms with Gasteiger partial charge in [0.25, 0.3) is 0 Å². The van der Waals surface area contributed by atoms with Gasteiger partial charge in [-0.3, -0.25) is 4.68 Å². The number of nitrogens with one attached hydrogen (secondary N) is 1. The number of nitriles is 1. The van der Waals surface area contributed by atoms with E-state index in [1.807, 2.05) is 33.7 Å². The van der Waals surface area contributed by atoms with Crippen molar-refractivity contribution in [1.82, 2.24) is 24.5 Å². The van der Waals surface area contributed by atoms with Crippen molar-refractivity contribution in [3.05, 3.63) is 53.7 Å². The van der Waals surface area contributed by atoms with E-state index in [9.17, 15) is 0 Å². The molecule has 4 rings (SSSR count). The molecule has 0 radical (unpaired) electrons. The van der Waals surface area contributed by atoms with Crippen LogP contribution in [0.3, 0.4) is 0 Å². The van der Waals surface area contributed by atoms with Crippen LogP contribution in [0.5, 0.6) is 0 Å². The van der Waals surface area contributed by atoms with Crippen LogP contribution in [0.2, 0.25) is 0 Å². The summed E-state index contributed by atoms with van der Waals surface area (Å²) in [6.07, 6.45) is 6.67. The Bertz CT molecular complexity index is 937. The Morgan fingerprint density at radius 2 is 2.31 bits per heavy atom. The molecule has 1 aliphatic heterocycles. The van der Waals surface area contributed by atoms with Crippen molar-refractivity contribution in [2.75, 3.05) is 13.2 Å². The molecule has 4 heterocycles. The van der Waals surface area contributed by atoms with Gasteiger partial charge in [-0.15, -0.1) is 0 Å². The van der Waals surface area contributed by atoms with Crippen LogP contribution >= 0.6 is 0 Å². The Hall–Kier alpha value is -2.69. The van der Waals surface area contributed by atoms with E-state index in [1.54, 1.807) is 6.07 Å². The zero-order valence-corrected chi connectivity index (χ0v) is 14.8. The summed E-state index contributed by atoms with van der Waals surface area (Å²) in [4.78, 5) is 4.40. The SMILES string of the molecule is CCn1nccc1[C@@H]1OCC[C@H]1CNCc1cnc2ccc(C#N)cn12. The molecule has 3 aromatic heterocycles. The molecule has 1 aliphatic rings. The lowest BCUT2D eigenvalue weighted by atomic mass is 9.99. The molecule has 1 fully saturated rings. The summed E-state index contributed by atoms with van der Waals surface area (Å²) in [5, 5.41) is 17.0. The molecule has 1 N–H and O–H groups in total. The zero-order valence-electron chi connectivity index (χ0n) is 14.8. The van der Waals surface area contributed by atoms with Gasteiger partial charge in [-0.25, -0.2) is 4.98 Å². The second-order valence-corrected chi connectivity index (χ2v) is 6.55. The first-order chi connectivity index (χ1) is 12.8. The maximum Gasteiger partial charge on any atom is 0.137 e. The molecule has 3 aromatic rings. The van der Waals surface area contributed by atoms with Gasteiger partial charge < -0.3 is 14.5 Å². The summed E-state index contributed by atoms with van der Waals surface area (Å²) < 4.78 is 9.97. The van der Waals surface area contributed by atoms with Gasteiger partial charge in [-0.2, -0.15) is 10.4 Å². The first-order valence-electron chi connectivity index (χ1n) is 9.00. The molecule has 0 saturated carbocycles. The van der Waals surface area contributed by atoms with Crippen molar-refractivity contribution >= 4 is 5.65 Å². The number of pyridine rings is 1. The number of rotatable bonds is 6. The molecule has 0 aromatic carbocycles. The summed E-state index contributed by atoms with van der Waals surface area (Å²) in [6, 6.07) is 7.89. The van der Waals surface area contributed by atoms with Crippen LogP contribution in [0.15, 0.2) is 36.8 Å². The minimum atomic E-state index is 0.0947. The summed E-state index contributed by atoms with van der Waals surface area (Å²) in [5.74, 6) is 0.422. The van der Waals surface area contributed by atoms with Crippen molar-refractivity contribution in [3.63, 3.8) is 0 Å². The number of aryl methyl sites for hydroxylation is 1. The normalized spacial score (nSPS) is 19.8. The van der Waals surface area contributed by atoms with Crippen molar-refractivity contribution in [2.24, 2.45) is 5.92 Å². The van der Waals surface area contributed by atoms with Crippen LogP contribution in [0.25, 0.3) is 5.65 Å². The summed E-state index contributed by atoms with van der Waals surface area (Å²) in [7, 11) is 0. The van der Waals surface area contributed by atoms with Crippen LogP contribution < -0.4 is 5.32 Å². The lowest BCUT2D eigenvalue weighted by Crippen LogP contribution is -2.26. The van der Waals surface area contributed by atoms with E-state index in [0.717, 1.165) is 43.2 Å². The van der Waals surface area contributed by atoms with Gasteiger partial charge in [-0.05, 0) is 31.5 Å². The fourth-order valence-electron chi connectivity index (χ4n) is 3.63. The number of fused-ring (bicyclic) bond motifs is 1. The fourth-order valence-corrected chi connectivity index (χ4v) is 3.63.